The molecule has 0 heterocycles. The van der Waals surface area contributed by atoms with Crippen LogP contribution in [-0.4, -0.2) is 0 Å². The quantitative estimate of drug-likeness (QED) is 0.158. The second-order valence-electron chi connectivity index (χ2n) is 19.2. The van der Waals surface area contributed by atoms with Crippen LogP contribution in [0.25, 0.3) is 77.2 Å². The molecule has 0 fully saturated rings. The van der Waals surface area contributed by atoms with Crippen molar-refractivity contribution in [3.05, 3.63) is 202 Å². The lowest BCUT2D eigenvalue weighted by molar-refractivity contribution is 0.652. The Kier molecular flexibility index (Phi) is 7.03. The Hall–Kier alpha value is -6.24. The summed E-state index contributed by atoms with van der Waals surface area (Å²) in [5.41, 5.74) is 25.0. The van der Waals surface area contributed by atoms with Crippen LogP contribution >= 0.6 is 0 Å². The Bertz CT molecular complexity index is 3210. The van der Waals surface area contributed by atoms with Crippen LogP contribution < -0.4 is 0 Å². The van der Waals surface area contributed by atoms with E-state index in [1.165, 1.54) is 116 Å². The van der Waals surface area contributed by atoms with E-state index in [2.05, 4.69) is 199 Å². The number of hydrogen-bond donors (Lipinski definition) is 0. The first kappa shape index (κ1) is 34.8. The summed E-state index contributed by atoms with van der Waals surface area (Å²) >= 11 is 0. The van der Waals surface area contributed by atoms with Crippen LogP contribution in [0, 0.1) is 0 Å². The topological polar surface area (TPSA) is 0 Å². The molecule has 12 rings (SSSR count). The molecule has 0 aromatic heterocycles. The molecule has 4 aliphatic carbocycles. The predicted molar refractivity (Wildman–Crippen MR) is 251 cm³/mol. The van der Waals surface area contributed by atoms with Crippen molar-refractivity contribution in [2.24, 2.45) is 0 Å². The van der Waals surface area contributed by atoms with Gasteiger partial charge in [0, 0.05) is 16.2 Å². The van der Waals surface area contributed by atoms with Gasteiger partial charge in [0.15, 0.2) is 0 Å². The fourth-order valence-electron chi connectivity index (χ4n) is 11.6. The van der Waals surface area contributed by atoms with E-state index in [4.69, 9.17) is 0 Å². The first-order valence-electron chi connectivity index (χ1n) is 21.5. The van der Waals surface area contributed by atoms with Crippen LogP contribution in [0.3, 0.4) is 0 Å². The van der Waals surface area contributed by atoms with Crippen molar-refractivity contribution >= 4 is 32.7 Å². The Morgan fingerprint density at radius 3 is 1.56 bits per heavy atom. The molecule has 0 saturated heterocycles. The molecule has 8 aromatic rings. The largest absolute Gasteiger partial charge is 0.0619 e. The third-order valence-corrected chi connectivity index (χ3v) is 15.0. The maximum Gasteiger partial charge on any atom is 0.0159 e. The van der Waals surface area contributed by atoms with Gasteiger partial charge in [-0.05, 0) is 165 Å². The van der Waals surface area contributed by atoms with Gasteiger partial charge in [-0.25, -0.2) is 0 Å². The van der Waals surface area contributed by atoms with Gasteiger partial charge in [-0.1, -0.05) is 169 Å². The van der Waals surface area contributed by atoms with E-state index in [0.29, 0.717) is 0 Å². The van der Waals surface area contributed by atoms with Gasteiger partial charge in [0.25, 0.3) is 0 Å². The van der Waals surface area contributed by atoms with Crippen LogP contribution in [0.1, 0.15) is 93.3 Å². The maximum absolute atomic E-state index is 2.53. The summed E-state index contributed by atoms with van der Waals surface area (Å²) in [6, 6.07) is 58.1. The van der Waals surface area contributed by atoms with Crippen LogP contribution in [0.15, 0.2) is 163 Å². The summed E-state index contributed by atoms with van der Waals surface area (Å²) in [4.78, 5) is 0. The standard InChI is InChI=1S/C59H48/c1-57(2)51-13-9-7-11-43(51)45-27-24-40(32-53(45)57)41-25-28-47-46-26-23-39(31-54(46)59(5,6)55(47)33-41)36-17-15-35(16-18-36)38-21-19-37-20-22-42-30-50-44-12-8-10-14-52(44)58(3,4)56(50)34-49(42)48(37)29-38/h7-23,25-26,28-34H,24,27H2,1-6H3. The highest BCUT2D eigenvalue weighted by molar-refractivity contribution is 6.11. The molecule has 0 aliphatic heterocycles. The molecule has 0 radical (unpaired) electrons. The molecule has 0 nitrogen and oxygen atoms in total. The van der Waals surface area contributed by atoms with Crippen LogP contribution in [0.5, 0.6) is 0 Å². The molecule has 8 aromatic carbocycles. The van der Waals surface area contributed by atoms with Crippen LogP contribution in [0.4, 0.5) is 0 Å². The third-order valence-electron chi connectivity index (χ3n) is 15.0. The van der Waals surface area contributed by atoms with Crippen LogP contribution in [-0.2, 0) is 16.2 Å². The van der Waals surface area contributed by atoms with Crippen molar-refractivity contribution in [1.29, 1.82) is 0 Å². The monoisotopic (exact) mass is 756 g/mol. The van der Waals surface area contributed by atoms with Crippen molar-refractivity contribution in [3.63, 3.8) is 0 Å². The van der Waals surface area contributed by atoms with E-state index in [1.807, 2.05) is 0 Å². The highest BCUT2D eigenvalue weighted by atomic mass is 14.4. The first-order valence-corrected chi connectivity index (χ1v) is 21.5. The Labute approximate surface area is 348 Å². The minimum atomic E-state index is -0.0921. The Balaban J connectivity index is 0.853. The molecule has 284 valence electrons. The molecule has 0 amide bonds. The van der Waals surface area contributed by atoms with Gasteiger partial charge in [-0.3, -0.25) is 0 Å². The Morgan fingerprint density at radius 1 is 0.339 bits per heavy atom. The fourth-order valence-corrected chi connectivity index (χ4v) is 11.6. The molecule has 4 aliphatic rings. The van der Waals surface area contributed by atoms with Gasteiger partial charge in [0.2, 0.25) is 0 Å². The molecule has 59 heavy (non-hydrogen) atoms. The SMILES string of the molecule is CC1(C)C2=C(CCC(c3ccc4c(c3)C(C)(C)c3cc(-c5ccc(-c6ccc7ccc8cc9c(cc8c7c6)C(C)(C)c6ccccc6-9)cc5)ccc3-4)=C2)c2ccccc21. The van der Waals surface area contributed by atoms with Crippen molar-refractivity contribution in [3.8, 4) is 44.5 Å². The molecule has 0 heteroatoms. The summed E-state index contributed by atoms with van der Waals surface area (Å²) in [5.74, 6) is 0. The number of fused-ring (bicyclic) bond motifs is 11. The van der Waals surface area contributed by atoms with Crippen molar-refractivity contribution < 1.29 is 0 Å². The number of benzene rings is 8. The number of hydrogen-bond acceptors (Lipinski definition) is 0. The average Bonchev–Trinajstić information content (AvgIpc) is 3.74. The lowest BCUT2D eigenvalue weighted by Crippen LogP contribution is -2.17. The van der Waals surface area contributed by atoms with Gasteiger partial charge in [-0.2, -0.15) is 0 Å². The summed E-state index contributed by atoms with van der Waals surface area (Å²) < 4.78 is 0. The van der Waals surface area contributed by atoms with Crippen LogP contribution in [0.2, 0.25) is 0 Å². The molecule has 0 saturated carbocycles. The first-order chi connectivity index (χ1) is 28.5. The van der Waals surface area contributed by atoms with E-state index in [-0.39, 0.29) is 16.2 Å². The lowest BCUT2D eigenvalue weighted by atomic mass is 9.77. The minimum absolute atomic E-state index is 0.0231. The summed E-state index contributed by atoms with van der Waals surface area (Å²) in [7, 11) is 0. The zero-order valence-corrected chi connectivity index (χ0v) is 34.9. The fraction of sp³-hybridized carbons (Fsp3) is 0.186. The van der Waals surface area contributed by atoms with Gasteiger partial charge >= 0.3 is 0 Å². The molecular weight excluding hydrogens is 709 g/mol. The van der Waals surface area contributed by atoms with E-state index in [1.54, 1.807) is 5.57 Å². The average molecular weight is 757 g/mol. The van der Waals surface area contributed by atoms with E-state index in [9.17, 15) is 0 Å². The van der Waals surface area contributed by atoms with Gasteiger partial charge < -0.3 is 0 Å². The van der Waals surface area contributed by atoms with E-state index < -0.39 is 0 Å². The summed E-state index contributed by atoms with van der Waals surface area (Å²) in [5, 5.41) is 5.23. The zero-order chi connectivity index (χ0) is 40.0. The van der Waals surface area contributed by atoms with Gasteiger partial charge in [0.1, 0.15) is 0 Å². The summed E-state index contributed by atoms with van der Waals surface area (Å²) in [6.45, 7) is 14.4. The van der Waals surface area contributed by atoms with Gasteiger partial charge in [-0.15, -0.1) is 0 Å². The summed E-state index contributed by atoms with van der Waals surface area (Å²) in [6.07, 6.45) is 4.72. The highest BCUT2D eigenvalue weighted by Gasteiger charge is 2.40. The smallest absolute Gasteiger partial charge is 0.0159 e. The molecule has 0 atom stereocenters. The molecular formula is C59H48. The van der Waals surface area contributed by atoms with E-state index in [0.717, 1.165) is 12.8 Å². The highest BCUT2D eigenvalue weighted by Crippen LogP contribution is 2.55. The molecule has 0 spiro atoms. The second kappa shape index (κ2) is 11.9. The lowest BCUT2D eigenvalue weighted by Gasteiger charge is -2.26. The second-order valence-corrected chi connectivity index (χ2v) is 19.2. The van der Waals surface area contributed by atoms with Crippen molar-refractivity contribution in [1.82, 2.24) is 0 Å². The molecule has 0 unspecified atom stereocenters. The van der Waals surface area contributed by atoms with Crippen molar-refractivity contribution in [2.45, 2.75) is 70.6 Å². The predicted octanol–water partition coefficient (Wildman–Crippen LogP) is 15.9. The zero-order valence-electron chi connectivity index (χ0n) is 34.9. The number of rotatable bonds is 3. The van der Waals surface area contributed by atoms with Crippen molar-refractivity contribution in [2.75, 3.05) is 0 Å². The molecule has 0 N–H and O–H groups in total. The normalized spacial score (nSPS) is 17.3. The van der Waals surface area contributed by atoms with E-state index >= 15 is 0 Å². The van der Waals surface area contributed by atoms with Gasteiger partial charge in [0.05, 0.1) is 0 Å². The third kappa shape index (κ3) is 4.84. The minimum Gasteiger partial charge on any atom is -0.0619 e. The molecule has 0 bridgehead atoms. The Morgan fingerprint density at radius 2 is 0.831 bits per heavy atom. The maximum atomic E-state index is 2.53. The number of allylic oxidation sites excluding steroid dienone is 4.